The summed E-state index contributed by atoms with van der Waals surface area (Å²) < 4.78 is 1.05. The van der Waals surface area contributed by atoms with Crippen molar-refractivity contribution >= 4 is 21.8 Å². The van der Waals surface area contributed by atoms with Gasteiger partial charge in [0.05, 0.1) is 12.6 Å². The van der Waals surface area contributed by atoms with E-state index in [1.54, 1.807) is 11.9 Å². The minimum atomic E-state index is -0.603. The first kappa shape index (κ1) is 18.0. The molecule has 0 radical (unpaired) electrons. The zero-order valence-corrected chi connectivity index (χ0v) is 15.5. The molecule has 124 valence electrons. The molecule has 4 nitrogen and oxygen atoms in total. The molecule has 23 heavy (non-hydrogen) atoms. The van der Waals surface area contributed by atoms with E-state index in [0.29, 0.717) is 13.1 Å². The van der Waals surface area contributed by atoms with Crippen molar-refractivity contribution in [2.75, 3.05) is 20.6 Å². The SMILES string of the molecule is CN(CC(=O)N(C)C1(C#N)CCCCC1)Cc1ccc(Br)cc1. The van der Waals surface area contributed by atoms with Gasteiger partial charge in [-0.2, -0.15) is 5.26 Å². The second-order valence-corrected chi connectivity index (χ2v) is 7.37. The van der Waals surface area contributed by atoms with Crippen molar-refractivity contribution in [1.29, 1.82) is 5.26 Å². The van der Waals surface area contributed by atoms with Crippen LogP contribution in [0.4, 0.5) is 0 Å². The summed E-state index contributed by atoms with van der Waals surface area (Å²) in [6, 6.07) is 10.5. The average molecular weight is 378 g/mol. The predicted octanol–water partition coefficient (Wildman–Crippen LogP) is 3.57. The van der Waals surface area contributed by atoms with E-state index in [1.807, 2.05) is 36.2 Å². The Morgan fingerprint density at radius 2 is 1.83 bits per heavy atom. The smallest absolute Gasteiger partial charge is 0.237 e. The Labute approximate surface area is 147 Å². The van der Waals surface area contributed by atoms with Gasteiger partial charge in [0, 0.05) is 18.1 Å². The highest BCUT2D eigenvalue weighted by Crippen LogP contribution is 2.32. The zero-order chi connectivity index (χ0) is 16.9. The third kappa shape index (κ3) is 4.55. The molecule has 0 atom stereocenters. The van der Waals surface area contributed by atoms with Crippen molar-refractivity contribution < 1.29 is 4.79 Å². The minimum absolute atomic E-state index is 0.0214. The van der Waals surface area contributed by atoms with Crippen molar-refractivity contribution in [2.45, 2.75) is 44.2 Å². The van der Waals surface area contributed by atoms with Gasteiger partial charge in [-0.1, -0.05) is 47.3 Å². The Balaban J connectivity index is 1.94. The van der Waals surface area contributed by atoms with E-state index in [1.165, 1.54) is 5.56 Å². The van der Waals surface area contributed by atoms with Gasteiger partial charge in [-0.05, 0) is 37.6 Å². The van der Waals surface area contributed by atoms with Crippen LogP contribution in [-0.4, -0.2) is 41.9 Å². The zero-order valence-electron chi connectivity index (χ0n) is 13.9. The van der Waals surface area contributed by atoms with Gasteiger partial charge in [-0.15, -0.1) is 0 Å². The fourth-order valence-electron chi connectivity index (χ4n) is 3.19. The van der Waals surface area contributed by atoms with Crippen LogP contribution in [0, 0.1) is 11.3 Å². The standard InChI is InChI=1S/C18H24BrN3O/c1-21(12-15-6-8-16(19)9-7-15)13-17(23)22(2)18(14-20)10-4-3-5-11-18/h6-9H,3-5,10-13H2,1-2H3. The molecule has 1 aliphatic carbocycles. The first-order chi connectivity index (χ1) is 11.0. The average Bonchev–Trinajstić information content (AvgIpc) is 2.56. The Kier molecular flexibility index (Phi) is 6.20. The lowest BCUT2D eigenvalue weighted by Crippen LogP contribution is -2.52. The summed E-state index contributed by atoms with van der Waals surface area (Å²) in [5, 5.41) is 9.59. The fourth-order valence-corrected chi connectivity index (χ4v) is 3.46. The highest BCUT2D eigenvalue weighted by molar-refractivity contribution is 9.10. The molecule has 1 aliphatic rings. The Morgan fingerprint density at radius 3 is 2.39 bits per heavy atom. The third-order valence-electron chi connectivity index (χ3n) is 4.68. The summed E-state index contributed by atoms with van der Waals surface area (Å²) in [7, 11) is 3.72. The lowest BCUT2D eigenvalue weighted by Gasteiger charge is -2.39. The lowest BCUT2D eigenvalue weighted by molar-refractivity contribution is -0.135. The summed E-state index contributed by atoms with van der Waals surface area (Å²) >= 11 is 3.42. The molecule has 1 fully saturated rings. The Bertz CT molecular complexity index is 573. The molecule has 0 bridgehead atoms. The number of carbonyl (C=O) groups is 1. The second-order valence-electron chi connectivity index (χ2n) is 6.46. The van der Waals surface area contributed by atoms with Crippen LogP contribution in [0.5, 0.6) is 0 Å². The van der Waals surface area contributed by atoms with Crippen LogP contribution in [-0.2, 0) is 11.3 Å². The van der Waals surface area contributed by atoms with E-state index >= 15 is 0 Å². The fraction of sp³-hybridized carbons (Fsp3) is 0.556. The second kappa shape index (κ2) is 7.94. The molecule has 0 aromatic heterocycles. The molecule has 1 aromatic carbocycles. The van der Waals surface area contributed by atoms with Crippen LogP contribution in [0.3, 0.4) is 0 Å². The molecule has 0 heterocycles. The number of carbonyl (C=O) groups excluding carboxylic acids is 1. The molecule has 1 aromatic rings. The first-order valence-electron chi connectivity index (χ1n) is 8.08. The molecular weight excluding hydrogens is 354 g/mol. The third-order valence-corrected chi connectivity index (χ3v) is 5.20. The first-order valence-corrected chi connectivity index (χ1v) is 8.87. The molecular formula is C18H24BrN3O. The summed E-state index contributed by atoms with van der Waals surface area (Å²) in [6.45, 7) is 1.04. The molecule has 5 heteroatoms. The van der Waals surface area contributed by atoms with Crippen LogP contribution in [0.2, 0.25) is 0 Å². The minimum Gasteiger partial charge on any atom is -0.326 e. The van der Waals surface area contributed by atoms with E-state index in [0.717, 1.165) is 36.6 Å². The molecule has 0 saturated heterocycles. The number of likely N-dealkylation sites (N-methyl/N-ethyl adjacent to an activating group) is 2. The van der Waals surface area contributed by atoms with Gasteiger partial charge >= 0.3 is 0 Å². The molecule has 0 spiro atoms. The van der Waals surface area contributed by atoms with Crippen molar-refractivity contribution in [1.82, 2.24) is 9.80 Å². The van der Waals surface area contributed by atoms with Gasteiger partial charge in [0.1, 0.15) is 5.54 Å². The van der Waals surface area contributed by atoms with Crippen molar-refractivity contribution in [3.63, 3.8) is 0 Å². The van der Waals surface area contributed by atoms with E-state index < -0.39 is 5.54 Å². The number of halogens is 1. The van der Waals surface area contributed by atoms with Gasteiger partial charge in [-0.25, -0.2) is 0 Å². The Morgan fingerprint density at radius 1 is 1.22 bits per heavy atom. The van der Waals surface area contributed by atoms with E-state index in [9.17, 15) is 10.1 Å². The molecule has 1 saturated carbocycles. The topological polar surface area (TPSA) is 47.3 Å². The van der Waals surface area contributed by atoms with E-state index in [-0.39, 0.29) is 5.91 Å². The maximum atomic E-state index is 12.6. The monoisotopic (exact) mass is 377 g/mol. The molecule has 0 unspecified atom stereocenters. The predicted molar refractivity (Wildman–Crippen MR) is 94.7 cm³/mol. The van der Waals surface area contributed by atoms with Crippen molar-refractivity contribution in [3.05, 3.63) is 34.3 Å². The molecule has 0 N–H and O–H groups in total. The lowest BCUT2D eigenvalue weighted by atomic mass is 9.81. The van der Waals surface area contributed by atoms with Gasteiger partial charge in [0.2, 0.25) is 5.91 Å². The van der Waals surface area contributed by atoms with Gasteiger partial charge < -0.3 is 4.90 Å². The van der Waals surface area contributed by atoms with Crippen LogP contribution in [0.15, 0.2) is 28.7 Å². The van der Waals surface area contributed by atoms with Crippen molar-refractivity contribution in [3.8, 4) is 6.07 Å². The van der Waals surface area contributed by atoms with Crippen LogP contribution < -0.4 is 0 Å². The maximum Gasteiger partial charge on any atom is 0.237 e. The maximum absolute atomic E-state index is 12.6. The Hall–Kier alpha value is -1.38. The highest BCUT2D eigenvalue weighted by Gasteiger charge is 2.38. The summed E-state index contributed by atoms with van der Waals surface area (Å²) in [5.41, 5.74) is 0.562. The normalized spacial score (nSPS) is 16.8. The number of rotatable bonds is 5. The van der Waals surface area contributed by atoms with Crippen molar-refractivity contribution in [2.24, 2.45) is 0 Å². The number of hydrogen-bond acceptors (Lipinski definition) is 3. The quantitative estimate of drug-likeness (QED) is 0.787. The summed E-state index contributed by atoms with van der Waals surface area (Å²) in [4.78, 5) is 16.3. The largest absolute Gasteiger partial charge is 0.326 e. The number of amides is 1. The molecule has 0 aliphatic heterocycles. The van der Waals surface area contributed by atoms with Crippen LogP contribution in [0.25, 0.3) is 0 Å². The number of benzene rings is 1. The van der Waals surface area contributed by atoms with Gasteiger partial charge in [-0.3, -0.25) is 9.69 Å². The van der Waals surface area contributed by atoms with Crippen LogP contribution >= 0.6 is 15.9 Å². The van der Waals surface area contributed by atoms with E-state index in [2.05, 4.69) is 22.0 Å². The van der Waals surface area contributed by atoms with Gasteiger partial charge in [0.15, 0.2) is 0 Å². The van der Waals surface area contributed by atoms with E-state index in [4.69, 9.17) is 0 Å². The summed E-state index contributed by atoms with van der Waals surface area (Å²) in [5.74, 6) is 0.0214. The van der Waals surface area contributed by atoms with Gasteiger partial charge in [0.25, 0.3) is 0 Å². The molecule has 1 amide bonds. The number of nitrogens with zero attached hydrogens (tertiary/aromatic N) is 3. The number of nitriles is 1. The highest BCUT2D eigenvalue weighted by atomic mass is 79.9. The van der Waals surface area contributed by atoms with Crippen LogP contribution in [0.1, 0.15) is 37.7 Å². The number of hydrogen-bond donors (Lipinski definition) is 0. The summed E-state index contributed by atoms with van der Waals surface area (Å²) in [6.07, 6.45) is 4.80. The molecule has 2 rings (SSSR count).